The molecule has 21 heavy (non-hydrogen) atoms. The summed E-state index contributed by atoms with van der Waals surface area (Å²) < 4.78 is 5.69. The molecule has 2 unspecified atom stereocenters. The highest BCUT2D eigenvalue weighted by atomic mass is 16.5. The Balaban J connectivity index is 1.64. The molecule has 2 atom stereocenters. The van der Waals surface area contributed by atoms with Crippen molar-refractivity contribution in [2.24, 2.45) is 5.92 Å². The maximum absolute atomic E-state index is 5.69. The molecule has 0 aromatic carbocycles. The minimum Gasteiger partial charge on any atom is -0.370 e. The van der Waals surface area contributed by atoms with Crippen molar-refractivity contribution in [2.75, 3.05) is 13.2 Å². The summed E-state index contributed by atoms with van der Waals surface area (Å²) in [5.74, 6) is 1.60. The van der Waals surface area contributed by atoms with E-state index in [9.17, 15) is 0 Å². The number of nitrogens with zero attached hydrogens (tertiary/aromatic N) is 2. The maximum Gasteiger partial charge on any atom is 0.157 e. The average Bonchev–Trinajstić information content (AvgIpc) is 2.98. The Morgan fingerprint density at radius 1 is 1.33 bits per heavy atom. The molecule has 1 aliphatic heterocycles. The normalized spacial score (nSPS) is 25.9. The summed E-state index contributed by atoms with van der Waals surface area (Å²) >= 11 is 0. The molecular weight excluding hydrogens is 262 g/mol. The lowest BCUT2D eigenvalue weighted by Crippen LogP contribution is -2.40. The van der Waals surface area contributed by atoms with Gasteiger partial charge in [-0.15, -0.1) is 0 Å². The van der Waals surface area contributed by atoms with Crippen molar-refractivity contribution >= 4 is 0 Å². The van der Waals surface area contributed by atoms with Gasteiger partial charge in [0, 0.05) is 24.0 Å². The summed E-state index contributed by atoms with van der Waals surface area (Å²) in [6.07, 6.45) is 7.78. The zero-order valence-electron chi connectivity index (χ0n) is 13.5. The predicted octanol–water partition coefficient (Wildman–Crippen LogP) is 2.82. The highest BCUT2D eigenvalue weighted by Crippen LogP contribution is 2.29. The van der Waals surface area contributed by atoms with Crippen LogP contribution in [0.2, 0.25) is 0 Å². The Kier molecular flexibility index (Phi) is 4.27. The molecular formula is C17H27N3O. The highest BCUT2D eigenvalue weighted by Gasteiger charge is 2.25. The SMILES string of the molecule is CC(C)(C)NCC1CCc2nc(C3CCCO3)ncc2C1. The highest BCUT2D eigenvalue weighted by molar-refractivity contribution is 5.22. The lowest BCUT2D eigenvalue weighted by Gasteiger charge is -2.28. The van der Waals surface area contributed by atoms with Crippen LogP contribution in [0.1, 0.15) is 63.2 Å². The first kappa shape index (κ1) is 14.9. The van der Waals surface area contributed by atoms with Crippen LogP contribution in [0.25, 0.3) is 0 Å². The minimum absolute atomic E-state index is 0.135. The van der Waals surface area contributed by atoms with E-state index in [4.69, 9.17) is 9.72 Å². The molecule has 0 spiro atoms. The smallest absolute Gasteiger partial charge is 0.157 e. The molecule has 1 N–H and O–H groups in total. The average molecular weight is 289 g/mol. The van der Waals surface area contributed by atoms with Crippen LogP contribution >= 0.6 is 0 Å². The number of nitrogens with one attached hydrogen (secondary N) is 1. The first-order valence-corrected chi connectivity index (χ1v) is 8.22. The van der Waals surface area contributed by atoms with Crippen molar-refractivity contribution in [3.8, 4) is 0 Å². The van der Waals surface area contributed by atoms with Gasteiger partial charge in [-0.05, 0) is 70.9 Å². The molecule has 2 heterocycles. The van der Waals surface area contributed by atoms with Crippen LogP contribution in [-0.4, -0.2) is 28.7 Å². The Morgan fingerprint density at radius 3 is 2.90 bits per heavy atom. The second-order valence-corrected chi connectivity index (χ2v) is 7.44. The summed E-state index contributed by atoms with van der Waals surface area (Å²) in [7, 11) is 0. The summed E-state index contributed by atoms with van der Waals surface area (Å²) in [4.78, 5) is 9.34. The number of aryl methyl sites for hydroxylation is 1. The summed E-state index contributed by atoms with van der Waals surface area (Å²) in [5, 5.41) is 3.62. The van der Waals surface area contributed by atoms with Gasteiger partial charge in [0.1, 0.15) is 6.10 Å². The topological polar surface area (TPSA) is 47.0 Å². The summed E-state index contributed by atoms with van der Waals surface area (Å²) in [5.41, 5.74) is 2.78. The van der Waals surface area contributed by atoms with E-state index in [0.29, 0.717) is 5.92 Å². The van der Waals surface area contributed by atoms with Gasteiger partial charge in [-0.2, -0.15) is 0 Å². The Bertz CT molecular complexity index is 489. The van der Waals surface area contributed by atoms with Crippen molar-refractivity contribution in [1.82, 2.24) is 15.3 Å². The standard InChI is InChI=1S/C17H27N3O/c1-17(2,3)19-10-12-6-7-14-13(9-12)11-18-16(20-14)15-5-4-8-21-15/h11-12,15,19H,4-10H2,1-3H3. The maximum atomic E-state index is 5.69. The van der Waals surface area contributed by atoms with Crippen LogP contribution in [0.5, 0.6) is 0 Å². The number of rotatable bonds is 3. The molecule has 4 nitrogen and oxygen atoms in total. The quantitative estimate of drug-likeness (QED) is 0.929. The first-order valence-electron chi connectivity index (χ1n) is 8.22. The zero-order chi connectivity index (χ0) is 14.9. The molecule has 1 saturated heterocycles. The first-order chi connectivity index (χ1) is 10.0. The van der Waals surface area contributed by atoms with E-state index in [1.54, 1.807) is 0 Å². The van der Waals surface area contributed by atoms with Crippen LogP contribution < -0.4 is 5.32 Å². The van der Waals surface area contributed by atoms with Crippen molar-refractivity contribution < 1.29 is 4.74 Å². The van der Waals surface area contributed by atoms with Gasteiger partial charge >= 0.3 is 0 Å². The van der Waals surface area contributed by atoms with Crippen LogP contribution in [0.15, 0.2) is 6.20 Å². The van der Waals surface area contributed by atoms with Gasteiger partial charge in [0.2, 0.25) is 0 Å². The lowest BCUT2D eigenvalue weighted by atomic mass is 9.86. The number of hydrogen-bond acceptors (Lipinski definition) is 4. The molecule has 0 saturated carbocycles. The second kappa shape index (κ2) is 6.01. The largest absolute Gasteiger partial charge is 0.370 e. The van der Waals surface area contributed by atoms with Gasteiger partial charge < -0.3 is 10.1 Å². The molecule has 4 heteroatoms. The Hall–Kier alpha value is -1.00. The van der Waals surface area contributed by atoms with Gasteiger partial charge in [0.05, 0.1) is 0 Å². The van der Waals surface area contributed by atoms with Gasteiger partial charge in [0.25, 0.3) is 0 Å². The van der Waals surface area contributed by atoms with E-state index in [0.717, 1.165) is 44.7 Å². The van der Waals surface area contributed by atoms with Gasteiger partial charge in [0.15, 0.2) is 5.82 Å². The van der Waals surface area contributed by atoms with E-state index in [1.165, 1.54) is 17.7 Å². The molecule has 1 aromatic heterocycles. The molecule has 0 amide bonds. The molecule has 2 aliphatic rings. The minimum atomic E-state index is 0.135. The molecule has 1 aliphatic carbocycles. The Labute approximate surface area is 127 Å². The molecule has 0 radical (unpaired) electrons. The summed E-state index contributed by atoms with van der Waals surface area (Å²) in [6, 6.07) is 0. The monoisotopic (exact) mass is 289 g/mol. The Morgan fingerprint density at radius 2 is 2.19 bits per heavy atom. The molecule has 0 bridgehead atoms. The van der Waals surface area contributed by atoms with Crippen molar-refractivity contribution in [3.63, 3.8) is 0 Å². The molecule has 1 fully saturated rings. The fraction of sp³-hybridized carbons (Fsp3) is 0.765. The number of ether oxygens (including phenoxy) is 1. The van der Waals surface area contributed by atoms with E-state index in [2.05, 4.69) is 31.1 Å². The molecule has 1 aromatic rings. The van der Waals surface area contributed by atoms with Gasteiger partial charge in [-0.1, -0.05) is 0 Å². The van der Waals surface area contributed by atoms with E-state index in [1.807, 2.05) is 6.20 Å². The third-order valence-electron chi connectivity index (χ3n) is 4.41. The van der Waals surface area contributed by atoms with Crippen molar-refractivity contribution in [3.05, 3.63) is 23.3 Å². The van der Waals surface area contributed by atoms with Crippen molar-refractivity contribution in [1.29, 1.82) is 0 Å². The van der Waals surface area contributed by atoms with Crippen LogP contribution in [0, 0.1) is 5.92 Å². The van der Waals surface area contributed by atoms with Gasteiger partial charge in [-0.25, -0.2) is 9.97 Å². The van der Waals surface area contributed by atoms with Crippen LogP contribution in [0.3, 0.4) is 0 Å². The van der Waals surface area contributed by atoms with Gasteiger partial charge in [-0.3, -0.25) is 0 Å². The number of fused-ring (bicyclic) bond motifs is 1. The zero-order valence-corrected chi connectivity index (χ0v) is 13.5. The molecule has 116 valence electrons. The third-order valence-corrected chi connectivity index (χ3v) is 4.41. The molecule has 3 rings (SSSR count). The third kappa shape index (κ3) is 3.80. The van der Waals surface area contributed by atoms with Crippen LogP contribution in [0.4, 0.5) is 0 Å². The van der Waals surface area contributed by atoms with E-state index < -0.39 is 0 Å². The fourth-order valence-electron chi connectivity index (χ4n) is 3.16. The second-order valence-electron chi connectivity index (χ2n) is 7.44. The lowest BCUT2D eigenvalue weighted by molar-refractivity contribution is 0.104. The van der Waals surface area contributed by atoms with Crippen molar-refractivity contribution in [2.45, 2.75) is 64.5 Å². The number of hydrogen-bond donors (Lipinski definition) is 1. The van der Waals surface area contributed by atoms with Crippen LogP contribution in [-0.2, 0) is 17.6 Å². The van der Waals surface area contributed by atoms with E-state index >= 15 is 0 Å². The predicted molar refractivity (Wildman–Crippen MR) is 83.2 cm³/mol. The fourth-order valence-corrected chi connectivity index (χ4v) is 3.16. The van der Waals surface area contributed by atoms with E-state index in [-0.39, 0.29) is 11.6 Å². The summed E-state index contributed by atoms with van der Waals surface area (Å²) in [6.45, 7) is 8.60. The number of aromatic nitrogens is 2.